The Morgan fingerprint density at radius 2 is 1.82 bits per heavy atom. The smallest absolute Gasteiger partial charge is 0.329 e. The summed E-state index contributed by atoms with van der Waals surface area (Å²) in [5.41, 5.74) is 4.65. The molecule has 0 radical (unpaired) electrons. The minimum absolute atomic E-state index is 0.224. The van der Waals surface area contributed by atoms with Crippen molar-refractivity contribution in [3.05, 3.63) is 87.8 Å². The van der Waals surface area contributed by atoms with Crippen LogP contribution in [0.4, 0.5) is 0 Å². The predicted molar refractivity (Wildman–Crippen MR) is 129 cm³/mol. The standard InChI is InChI=1S/C24H23BrN4O5/c1-16-4-6-17(7-5-16)12-27-23(31)24(32)29-28-13-18-11-19(25)8-9-21(18)34-15-22(30)26-14-20-3-2-10-33-20/h2-11,13H,12,14-15H2,1H3,(H,26,30)(H,27,31)(H,29,32)/b28-13-. The number of carbonyl (C=O) groups excluding carboxylic acids is 3. The number of hydrogen-bond donors (Lipinski definition) is 3. The van der Waals surface area contributed by atoms with Gasteiger partial charge in [-0.3, -0.25) is 14.4 Å². The van der Waals surface area contributed by atoms with E-state index in [-0.39, 0.29) is 25.6 Å². The van der Waals surface area contributed by atoms with Gasteiger partial charge in [0.05, 0.1) is 19.0 Å². The zero-order valence-corrected chi connectivity index (χ0v) is 19.9. The molecule has 0 aliphatic heterocycles. The first-order valence-electron chi connectivity index (χ1n) is 10.3. The fourth-order valence-corrected chi connectivity index (χ4v) is 3.10. The summed E-state index contributed by atoms with van der Waals surface area (Å²) in [5.74, 6) is -1.04. The Bertz CT molecular complexity index is 1160. The second-order valence-electron chi connectivity index (χ2n) is 7.19. The highest BCUT2D eigenvalue weighted by molar-refractivity contribution is 9.10. The highest BCUT2D eigenvalue weighted by Crippen LogP contribution is 2.21. The van der Waals surface area contributed by atoms with E-state index in [1.807, 2.05) is 31.2 Å². The van der Waals surface area contributed by atoms with Gasteiger partial charge in [0.25, 0.3) is 5.91 Å². The quantitative estimate of drug-likeness (QED) is 0.225. The van der Waals surface area contributed by atoms with Crippen molar-refractivity contribution in [3.63, 3.8) is 0 Å². The average molecular weight is 527 g/mol. The lowest BCUT2D eigenvalue weighted by Gasteiger charge is -2.10. The summed E-state index contributed by atoms with van der Waals surface area (Å²) in [6.07, 6.45) is 2.85. The van der Waals surface area contributed by atoms with Gasteiger partial charge in [-0.05, 0) is 42.8 Å². The van der Waals surface area contributed by atoms with Crippen LogP contribution in [0.2, 0.25) is 0 Å². The fraction of sp³-hybridized carbons (Fsp3) is 0.167. The summed E-state index contributed by atoms with van der Waals surface area (Å²) < 4.78 is 11.5. The summed E-state index contributed by atoms with van der Waals surface area (Å²) in [4.78, 5) is 36.0. The average Bonchev–Trinajstić information content (AvgIpc) is 3.35. The predicted octanol–water partition coefficient (Wildman–Crippen LogP) is 2.81. The number of ether oxygens (including phenoxy) is 1. The summed E-state index contributed by atoms with van der Waals surface area (Å²) >= 11 is 3.36. The molecular formula is C24H23BrN4O5. The van der Waals surface area contributed by atoms with Crippen LogP contribution < -0.4 is 20.8 Å². The van der Waals surface area contributed by atoms with E-state index in [1.54, 1.807) is 30.3 Å². The van der Waals surface area contributed by atoms with Gasteiger partial charge in [0.1, 0.15) is 11.5 Å². The maximum Gasteiger partial charge on any atom is 0.329 e. The minimum atomic E-state index is -0.905. The zero-order chi connectivity index (χ0) is 24.3. The molecule has 0 saturated carbocycles. The van der Waals surface area contributed by atoms with Crippen molar-refractivity contribution in [2.24, 2.45) is 5.10 Å². The Labute approximate surface area is 204 Å². The molecule has 176 valence electrons. The first-order valence-corrected chi connectivity index (χ1v) is 11.1. The number of halogens is 1. The van der Waals surface area contributed by atoms with Crippen molar-refractivity contribution < 1.29 is 23.5 Å². The van der Waals surface area contributed by atoms with E-state index in [2.05, 4.69) is 37.1 Å². The van der Waals surface area contributed by atoms with Crippen LogP contribution in [0.1, 0.15) is 22.5 Å². The molecule has 9 nitrogen and oxygen atoms in total. The first-order chi connectivity index (χ1) is 16.4. The van der Waals surface area contributed by atoms with Crippen molar-refractivity contribution in [3.8, 4) is 5.75 Å². The Balaban J connectivity index is 1.49. The van der Waals surface area contributed by atoms with E-state index in [0.29, 0.717) is 17.1 Å². The molecule has 3 amide bonds. The number of rotatable bonds is 9. The Kier molecular flexibility index (Phi) is 8.98. The van der Waals surface area contributed by atoms with Crippen molar-refractivity contribution in [1.29, 1.82) is 0 Å². The normalized spacial score (nSPS) is 10.6. The molecule has 0 unspecified atom stereocenters. The molecule has 10 heteroatoms. The van der Waals surface area contributed by atoms with Gasteiger partial charge >= 0.3 is 11.8 Å². The molecule has 3 aromatic rings. The number of hydrazone groups is 1. The van der Waals surface area contributed by atoms with Crippen molar-refractivity contribution in [2.75, 3.05) is 6.61 Å². The van der Waals surface area contributed by atoms with E-state index in [1.165, 1.54) is 12.5 Å². The number of furan rings is 1. The third-order valence-corrected chi connectivity index (χ3v) is 5.01. The van der Waals surface area contributed by atoms with Crippen LogP contribution in [0.25, 0.3) is 0 Å². The van der Waals surface area contributed by atoms with Gasteiger partial charge in [0.2, 0.25) is 0 Å². The molecule has 0 aliphatic rings. The van der Waals surface area contributed by atoms with Gasteiger partial charge in [-0.1, -0.05) is 45.8 Å². The molecule has 0 fully saturated rings. The molecule has 0 spiro atoms. The zero-order valence-electron chi connectivity index (χ0n) is 18.3. The molecule has 3 rings (SSSR count). The van der Waals surface area contributed by atoms with Crippen LogP contribution in [0.15, 0.2) is 74.9 Å². The van der Waals surface area contributed by atoms with E-state index in [0.717, 1.165) is 15.6 Å². The van der Waals surface area contributed by atoms with Gasteiger partial charge < -0.3 is 19.8 Å². The number of aryl methyl sites for hydroxylation is 1. The third-order valence-electron chi connectivity index (χ3n) is 4.52. The molecule has 1 aromatic heterocycles. The number of carbonyl (C=O) groups is 3. The number of nitrogens with one attached hydrogen (secondary N) is 3. The second kappa shape index (κ2) is 12.4. The summed E-state index contributed by atoms with van der Waals surface area (Å²) in [6.45, 7) is 2.22. The summed E-state index contributed by atoms with van der Waals surface area (Å²) in [6, 6.07) is 16.2. The van der Waals surface area contributed by atoms with Crippen LogP contribution in [0.3, 0.4) is 0 Å². The van der Waals surface area contributed by atoms with Gasteiger partial charge in [-0.25, -0.2) is 5.43 Å². The Hall–Kier alpha value is -3.92. The van der Waals surface area contributed by atoms with Crippen LogP contribution in [0.5, 0.6) is 5.75 Å². The topological polar surface area (TPSA) is 122 Å². The monoisotopic (exact) mass is 526 g/mol. The highest BCUT2D eigenvalue weighted by Gasteiger charge is 2.12. The largest absolute Gasteiger partial charge is 0.483 e. The highest BCUT2D eigenvalue weighted by atomic mass is 79.9. The van der Waals surface area contributed by atoms with Gasteiger partial charge in [0.15, 0.2) is 6.61 Å². The van der Waals surface area contributed by atoms with Crippen molar-refractivity contribution in [1.82, 2.24) is 16.1 Å². The number of nitrogens with zero attached hydrogens (tertiary/aromatic N) is 1. The molecule has 0 atom stereocenters. The maximum absolute atomic E-state index is 12.0. The summed E-state index contributed by atoms with van der Waals surface area (Å²) in [7, 11) is 0. The SMILES string of the molecule is Cc1ccc(CNC(=O)C(=O)N/N=C\c2cc(Br)ccc2OCC(=O)NCc2ccco2)cc1. The minimum Gasteiger partial charge on any atom is -0.483 e. The molecule has 3 N–H and O–H groups in total. The fourth-order valence-electron chi connectivity index (χ4n) is 2.72. The van der Waals surface area contributed by atoms with E-state index < -0.39 is 11.8 Å². The Morgan fingerprint density at radius 1 is 1.03 bits per heavy atom. The van der Waals surface area contributed by atoms with E-state index in [9.17, 15) is 14.4 Å². The second-order valence-corrected chi connectivity index (χ2v) is 8.11. The van der Waals surface area contributed by atoms with Crippen LogP contribution in [0, 0.1) is 6.92 Å². The molecule has 1 heterocycles. The maximum atomic E-state index is 12.0. The molecule has 0 bridgehead atoms. The molecule has 0 aliphatic carbocycles. The molecular weight excluding hydrogens is 504 g/mol. The Morgan fingerprint density at radius 3 is 2.56 bits per heavy atom. The van der Waals surface area contributed by atoms with Crippen molar-refractivity contribution in [2.45, 2.75) is 20.0 Å². The van der Waals surface area contributed by atoms with E-state index in [4.69, 9.17) is 9.15 Å². The number of benzene rings is 2. The molecule has 2 aromatic carbocycles. The van der Waals surface area contributed by atoms with Crippen LogP contribution in [-0.2, 0) is 27.5 Å². The number of amides is 3. The lowest BCUT2D eigenvalue weighted by atomic mass is 10.1. The number of hydrogen-bond acceptors (Lipinski definition) is 6. The van der Waals surface area contributed by atoms with Gasteiger partial charge in [-0.15, -0.1) is 0 Å². The molecule has 0 saturated heterocycles. The third kappa shape index (κ3) is 7.89. The summed E-state index contributed by atoms with van der Waals surface area (Å²) in [5, 5.41) is 9.04. The van der Waals surface area contributed by atoms with Crippen LogP contribution in [-0.4, -0.2) is 30.5 Å². The van der Waals surface area contributed by atoms with Gasteiger partial charge in [-0.2, -0.15) is 5.10 Å². The van der Waals surface area contributed by atoms with Gasteiger partial charge in [0, 0.05) is 16.6 Å². The van der Waals surface area contributed by atoms with Crippen LogP contribution >= 0.6 is 15.9 Å². The first kappa shape index (κ1) is 24.7. The van der Waals surface area contributed by atoms with E-state index >= 15 is 0 Å². The lowest BCUT2D eigenvalue weighted by molar-refractivity contribution is -0.139. The van der Waals surface area contributed by atoms with Crippen molar-refractivity contribution >= 4 is 39.9 Å². The lowest BCUT2D eigenvalue weighted by Crippen LogP contribution is -2.37. The molecule has 34 heavy (non-hydrogen) atoms.